The van der Waals surface area contributed by atoms with Crippen molar-refractivity contribution in [3.8, 4) is 0 Å². The summed E-state index contributed by atoms with van der Waals surface area (Å²) in [4.78, 5) is 0. The molecule has 18 heavy (non-hydrogen) atoms. The van der Waals surface area contributed by atoms with Gasteiger partial charge in [0.15, 0.2) is 17.9 Å². The van der Waals surface area contributed by atoms with Gasteiger partial charge in [0, 0.05) is 5.92 Å². The van der Waals surface area contributed by atoms with Gasteiger partial charge >= 0.3 is 0 Å². The maximum Gasteiger partial charge on any atom is 0.187 e. The third-order valence-electron chi connectivity index (χ3n) is 3.81. The van der Waals surface area contributed by atoms with E-state index in [1.165, 1.54) is 0 Å². The molecular formula is C13H22O5. The van der Waals surface area contributed by atoms with Crippen molar-refractivity contribution in [2.24, 2.45) is 5.92 Å². The predicted molar refractivity (Wildman–Crippen MR) is 62.8 cm³/mol. The molecule has 0 aromatic rings. The van der Waals surface area contributed by atoms with E-state index in [1.807, 2.05) is 27.7 Å². The predicted octanol–water partition coefficient (Wildman–Crippen LogP) is 1.65. The highest BCUT2D eigenvalue weighted by Gasteiger charge is 2.56. The normalized spacial score (nSPS) is 49.5. The first-order valence-electron chi connectivity index (χ1n) is 6.60. The molecule has 0 saturated carbocycles. The first kappa shape index (κ1) is 12.8. The van der Waals surface area contributed by atoms with Crippen molar-refractivity contribution in [1.82, 2.24) is 0 Å². The first-order chi connectivity index (χ1) is 8.27. The van der Waals surface area contributed by atoms with Gasteiger partial charge in [0.2, 0.25) is 0 Å². The molecule has 3 saturated heterocycles. The van der Waals surface area contributed by atoms with Crippen molar-refractivity contribution in [2.45, 2.75) is 70.8 Å². The molecule has 5 nitrogen and oxygen atoms in total. The Morgan fingerprint density at radius 1 is 0.889 bits per heavy atom. The standard InChI is InChI=1S/C13H22O5/c1-7-9(8-6-14-12(2,3)16-8)15-11-10(7)17-13(4,5)18-11/h7-11H,6H2,1-5H3/t7-,8-,9?,10+,11+/m0/s1. The molecule has 3 fully saturated rings. The molecule has 0 bridgehead atoms. The second-order valence-corrected chi connectivity index (χ2v) is 6.30. The van der Waals surface area contributed by atoms with E-state index in [0.717, 1.165) is 0 Å². The van der Waals surface area contributed by atoms with E-state index in [0.29, 0.717) is 6.61 Å². The number of rotatable bonds is 1. The Kier molecular flexibility index (Phi) is 2.78. The summed E-state index contributed by atoms with van der Waals surface area (Å²) in [6, 6.07) is 0. The lowest BCUT2D eigenvalue weighted by Crippen LogP contribution is -2.37. The van der Waals surface area contributed by atoms with Crippen molar-refractivity contribution in [3.05, 3.63) is 0 Å². The fourth-order valence-electron chi connectivity index (χ4n) is 2.99. The van der Waals surface area contributed by atoms with Crippen LogP contribution in [-0.2, 0) is 23.7 Å². The summed E-state index contributed by atoms with van der Waals surface area (Å²) < 4.78 is 29.0. The molecular weight excluding hydrogens is 236 g/mol. The topological polar surface area (TPSA) is 46.2 Å². The van der Waals surface area contributed by atoms with Crippen molar-refractivity contribution >= 4 is 0 Å². The number of fused-ring (bicyclic) bond motifs is 1. The third-order valence-corrected chi connectivity index (χ3v) is 3.81. The average molecular weight is 258 g/mol. The minimum absolute atomic E-state index is 0.0164. The van der Waals surface area contributed by atoms with Gasteiger partial charge in [-0.25, -0.2) is 0 Å². The van der Waals surface area contributed by atoms with E-state index < -0.39 is 11.6 Å². The molecule has 1 unspecified atom stereocenters. The average Bonchev–Trinajstić information content (AvgIpc) is 2.81. The SMILES string of the molecule is C[C@H]1C([C@@H]2COC(C)(C)O2)O[C@@H]2OC(C)(C)O[C@@H]21. The number of hydrogen-bond donors (Lipinski definition) is 0. The van der Waals surface area contributed by atoms with Crippen LogP contribution >= 0.6 is 0 Å². The van der Waals surface area contributed by atoms with Crippen LogP contribution in [0.5, 0.6) is 0 Å². The van der Waals surface area contributed by atoms with Crippen LogP contribution < -0.4 is 0 Å². The summed E-state index contributed by atoms with van der Waals surface area (Å²) in [5.41, 5.74) is 0. The van der Waals surface area contributed by atoms with E-state index in [-0.39, 0.29) is 30.5 Å². The number of ether oxygens (including phenoxy) is 5. The largest absolute Gasteiger partial charge is 0.348 e. The molecule has 0 radical (unpaired) electrons. The highest BCUT2D eigenvalue weighted by Crippen LogP contribution is 2.43. The van der Waals surface area contributed by atoms with E-state index in [9.17, 15) is 0 Å². The smallest absolute Gasteiger partial charge is 0.187 e. The Labute approximate surface area is 108 Å². The van der Waals surface area contributed by atoms with Crippen molar-refractivity contribution in [1.29, 1.82) is 0 Å². The minimum atomic E-state index is -0.555. The van der Waals surface area contributed by atoms with E-state index in [4.69, 9.17) is 23.7 Å². The molecule has 3 aliphatic rings. The molecule has 5 atom stereocenters. The summed E-state index contributed by atoms with van der Waals surface area (Å²) in [5.74, 6) is -0.841. The summed E-state index contributed by atoms with van der Waals surface area (Å²) in [6.45, 7) is 10.3. The van der Waals surface area contributed by atoms with Gasteiger partial charge in [-0.05, 0) is 27.7 Å². The molecule has 0 amide bonds. The van der Waals surface area contributed by atoms with Crippen LogP contribution in [0.4, 0.5) is 0 Å². The zero-order chi connectivity index (χ0) is 13.1. The minimum Gasteiger partial charge on any atom is -0.348 e. The second-order valence-electron chi connectivity index (χ2n) is 6.30. The van der Waals surface area contributed by atoms with Gasteiger partial charge in [-0.1, -0.05) is 6.92 Å². The molecule has 3 aliphatic heterocycles. The lowest BCUT2D eigenvalue weighted by molar-refractivity contribution is -0.226. The maximum absolute atomic E-state index is 5.96. The van der Waals surface area contributed by atoms with Gasteiger partial charge < -0.3 is 23.7 Å². The van der Waals surface area contributed by atoms with Gasteiger partial charge in [0.25, 0.3) is 0 Å². The highest BCUT2D eigenvalue weighted by molar-refractivity contribution is 4.95. The molecule has 0 N–H and O–H groups in total. The summed E-state index contributed by atoms with van der Waals surface area (Å²) in [7, 11) is 0. The van der Waals surface area contributed by atoms with Gasteiger partial charge in [-0.2, -0.15) is 0 Å². The Balaban J connectivity index is 1.68. The molecule has 3 heterocycles. The molecule has 104 valence electrons. The van der Waals surface area contributed by atoms with Crippen LogP contribution in [0.25, 0.3) is 0 Å². The van der Waals surface area contributed by atoms with E-state index in [1.54, 1.807) is 0 Å². The number of hydrogen-bond acceptors (Lipinski definition) is 5. The van der Waals surface area contributed by atoms with Crippen LogP contribution in [0.15, 0.2) is 0 Å². The van der Waals surface area contributed by atoms with Gasteiger partial charge in [-0.15, -0.1) is 0 Å². The summed E-state index contributed by atoms with van der Waals surface area (Å²) in [5, 5.41) is 0. The fraction of sp³-hybridized carbons (Fsp3) is 1.00. The quantitative estimate of drug-likeness (QED) is 0.715. The zero-order valence-electron chi connectivity index (χ0n) is 11.6. The Morgan fingerprint density at radius 2 is 1.61 bits per heavy atom. The molecule has 5 heteroatoms. The molecule has 0 aromatic carbocycles. The first-order valence-corrected chi connectivity index (χ1v) is 6.60. The van der Waals surface area contributed by atoms with Crippen molar-refractivity contribution in [3.63, 3.8) is 0 Å². The summed E-state index contributed by atoms with van der Waals surface area (Å²) in [6.07, 6.45) is -0.376. The van der Waals surface area contributed by atoms with Crippen molar-refractivity contribution < 1.29 is 23.7 Å². The lowest BCUT2D eigenvalue weighted by atomic mass is 9.97. The summed E-state index contributed by atoms with van der Waals surface area (Å²) >= 11 is 0. The maximum atomic E-state index is 5.96. The second kappa shape index (κ2) is 3.90. The van der Waals surface area contributed by atoms with Crippen LogP contribution in [0.2, 0.25) is 0 Å². The zero-order valence-corrected chi connectivity index (χ0v) is 11.6. The van der Waals surface area contributed by atoms with Gasteiger partial charge in [0.05, 0.1) is 12.7 Å². The van der Waals surface area contributed by atoms with Crippen LogP contribution in [0, 0.1) is 5.92 Å². The van der Waals surface area contributed by atoms with Gasteiger partial charge in [0.1, 0.15) is 12.2 Å². The highest BCUT2D eigenvalue weighted by atomic mass is 16.8. The molecule has 0 aliphatic carbocycles. The third kappa shape index (κ3) is 2.08. The van der Waals surface area contributed by atoms with Crippen LogP contribution in [-0.4, -0.2) is 42.8 Å². The molecule has 0 aromatic heterocycles. The Hall–Kier alpha value is -0.200. The Morgan fingerprint density at radius 3 is 2.17 bits per heavy atom. The van der Waals surface area contributed by atoms with Crippen LogP contribution in [0.1, 0.15) is 34.6 Å². The van der Waals surface area contributed by atoms with E-state index >= 15 is 0 Å². The van der Waals surface area contributed by atoms with E-state index in [2.05, 4.69) is 6.92 Å². The molecule has 0 spiro atoms. The fourth-order valence-corrected chi connectivity index (χ4v) is 2.99. The monoisotopic (exact) mass is 258 g/mol. The van der Waals surface area contributed by atoms with Crippen LogP contribution in [0.3, 0.4) is 0 Å². The van der Waals surface area contributed by atoms with Gasteiger partial charge in [-0.3, -0.25) is 0 Å². The van der Waals surface area contributed by atoms with Crippen molar-refractivity contribution in [2.75, 3.05) is 6.61 Å². The molecule has 3 rings (SSSR count). The lowest BCUT2D eigenvalue weighted by Gasteiger charge is -2.27. The Bertz CT molecular complexity index is 340.